The molecule has 1 aliphatic heterocycles. The fraction of sp³-hybridized carbons (Fsp3) is 0.600. The van der Waals surface area contributed by atoms with Crippen molar-refractivity contribution in [1.82, 2.24) is 9.55 Å². The summed E-state index contributed by atoms with van der Waals surface area (Å²) in [5.74, 6) is 0. The van der Waals surface area contributed by atoms with Crippen LogP contribution >= 0.6 is 0 Å². The van der Waals surface area contributed by atoms with Gasteiger partial charge in [0, 0.05) is 25.3 Å². The fourth-order valence-electron chi connectivity index (χ4n) is 2.43. The smallest absolute Gasteiger partial charge is 0.330 e. The van der Waals surface area contributed by atoms with Crippen molar-refractivity contribution in [3.63, 3.8) is 0 Å². The number of rotatable bonds is 8. The average Bonchev–Trinajstić information content (AvgIpc) is 2.91. The van der Waals surface area contributed by atoms with E-state index >= 15 is 0 Å². The summed E-state index contributed by atoms with van der Waals surface area (Å²) < 4.78 is 23.2. The van der Waals surface area contributed by atoms with Gasteiger partial charge in [0.05, 0.1) is 19.3 Å². The molecule has 1 aromatic rings. The molecule has 1 fully saturated rings. The molecule has 0 amide bonds. The van der Waals surface area contributed by atoms with Crippen molar-refractivity contribution < 1.29 is 18.9 Å². The van der Waals surface area contributed by atoms with E-state index < -0.39 is 17.5 Å². The van der Waals surface area contributed by atoms with Crippen LogP contribution in [0.1, 0.15) is 18.2 Å². The third-order valence-electron chi connectivity index (χ3n) is 3.57. The first-order valence-corrected chi connectivity index (χ1v) is 7.33. The van der Waals surface area contributed by atoms with Gasteiger partial charge < -0.3 is 18.9 Å². The Hall–Kier alpha value is -1.74. The Bertz CT molecular complexity index is 638. The van der Waals surface area contributed by atoms with Crippen molar-refractivity contribution in [2.45, 2.75) is 31.8 Å². The molecule has 1 aliphatic rings. The number of aromatic nitrogens is 2. The van der Waals surface area contributed by atoms with Crippen LogP contribution in [0.2, 0.25) is 0 Å². The zero-order valence-corrected chi connectivity index (χ0v) is 13.3. The van der Waals surface area contributed by atoms with Crippen LogP contribution in [0.15, 0.2) is 28.4 Å². The molecule has 8 nitrogen and oxygen atoms in total. The van der Waals surface area contributed by atoms with E-state index in [1.807, 2.05) is 0 Å². The predicted molar refractivity (Wildman–Crippen MR) is 82.4 cm³/mol. The molecule has 0 aromatic carbocycles. The first kappa shape index (κ1) is 17.6. The van der Waals surface area contributed by atoms with E-state index in [9.17, 15) is 9.59 Å². The summed E-state index contributed by atoms with van der Waals surface area (Å²) in [5, 5.41) is 0. The van der Waals surface area contributed by atoms with Crippen LogP contribution in [0.25, 0.3) is 0 Å². The first-order valence-electron chi connectivity index (χ1n) is 7.33. The van der Waals surface area contributed by atoms with Gasteiger partial charge in [-0.05, 0) is 6.92 Å². The fourth-order valence-corrected chi connectivity index (χ4v) is 2.43. The molecule has 0 spiro atoms. The van der Waals surface area contributed by atoms with E-state index in [4.69, 9.17) is 18.9 Å². The zero-order chi connectivity index (χ0) is 16.8. The molecule has 0 radical (unpaired) electrons. The summed E-state index contributed by atoms with van der Waals surface area (Å²) in [7, 11) is 1.57. The van der Waals surface area contributed by atoms with Gasteiger partial charge in [-0.3, -0.25) is 14.3 Å². The quantitative estimate of drug-likeness (QED) is 0.420. The topological polar surface area (TPSA) is 91.8 Å². The Balaban J connectivity index is 2.09. The van der Waals surface area contributed by atoms with Gasteiger partial charge >= 0.3 is 5.69 Å². The molecule has 128 valence electrons. The maximum absolute atomic E-state index is 12.0. The number of nitrogens with one attached hydrogen (secondary N) is 1. The third-order valence-corrected chi connectivity index (χ3v) is 3.57. The summed E-state index contributed by atoms with van der Waals surface area (Å²) in [4.78, 5) is 25.7. The summed E-state index contributed by atoms with van der Waals surface area (Å²) >= 11 is 0. The lowest BCUT2D eigenvalue weighted by atomic mass is 10.2. The summed E-state index contributed by atoms with van der Waals surface area (Å²) in [6, 6.07) is 0. The van der Waals surface area contributed by atoms with Gasteiger partial charge in [0.2, 0.25) is 0 Å². The Morgan fingerprint density at radius 3 is 3.00 bits per heavy atom. The lowest BCUT2D eigenvalue weighted by Crippen LogP contribution is -2.33. The van der Waals surface area contributed by atoms with Crippen LogP contribution in [0.3, 0.4) is 0 Å². The Morgan fingerprint density at radius 1 is 1.52 bits per heavy atom. The van der Waals surface area contributed by atoms with E-state index in [0.29, 0.717) is 25.2 Å². The summed E-state index contributed by atoms with van der Waals surface area (Å²) in [6.45, 7) is 6.02. The largest absolute Gasteiger partial charge is 0.382 e. The number of nitrogens with zero attached hydrogens (tertiary/aromatic N) is 1. The Morgan fingerprint density at radius 2 is 2.30 bits per heavy atom. The van der Waals surface area contributed by atoms with Crippen LogP contribution in [-0.2, 0) is 18.9 Å². The second-order valence-electron chi connectivity index (χ2n) is 5.28. The number of aromatic amines is 1. The molecule has 1 aromatic heterocycles. The molecule has 23 heavy (non-hydrogen) atoms. The molecule has 0 aliphatic carbocycles. The van der Waals surface area contributed by atoms with Crippen molar-refractivity contribution in [1.29, 1.82) is 0 Å². The van der Waals surface area contributed by atoms with E-state index in [1.165, 1.54) is 10.8 Å². The first-order chi connectivity index (χ1) is 11.1. The number of methoxy groups -OCH3 is 1. The highest BCUT2D eigenvalue weighted by Gasteiger charge is 2.37. The van der Waals surface area contributed by atoms with Crippen LogP contribution < -0.4 is 11.2 Å². The number of H-pyrrole nitrogens is 1. The normalized spacial score (nSPS) is 24.0. The maximum Gasteiger partial charge on any atom is 0.330 e. The lowest BCUT2D eigenvalue weighted by Gasteiger charge is -2.17. The van der Waals surface area contributed by atoms with E-state index in [0.717, 1.165) is 0 Å². The SMILES string of the molecule is C=CCOCOC1C[C@H](n2cc(C)c(=O)[nH]c2=O)O[C@@H]1COC. The average molecular weight is 326 g/mol. The Labute approximate surface area is 133 Å². The second kappa shape index (κ2) is 8.21. The number of aryl methyl sites for hydroxylation is 1. The van der Waals surface area contributed by atoms with E-state index in [-0.39, 0.29) is 19.0 Å². The number of ether oxygens (including phenoxy) is 4. The van der Waals surface area contributed by atoms with E-state index in [1.54, 1.807) is 20.1 Å². The van der Waals surface area contributed by atoms with Gasteiger partial charge in [-0.15, -0.1) is 6.58 Å². The highest BCUT2D eigenvalue weighted by atomic mass is 16.7. The molecular weight excluding hydrogens is 304 g/mol. The van der Waals surface area contributed by atoms with Gasteiger partial charge in [-0.25, -0.2) is 4.79 Å². The molecule has 2 rings (SSSR count). The van der Waals surface area contributed by atoms with Crippen molar-refractivity contribution in [2.24, 2.45) is 0 Å². The van der Waals surface area contributed by atoms with Gasteiger partial charge in [0.25, 0.3) is 5.56 Å². The van der Waals surface area contributed by atoms with Gasteiger partial charge in [0.15, 0.2) is 0 Å². The summed E-state index contributed by atoms with van der Waals surface area (Å²) in [5.41, 5.74) is -0.469. The van der Waals surface area contributed by atoms with E-state index in [2.05, 4.69) is 11.6 Å². The molecule has 0 bridgehead atoms. The van der Waals surface area contributed by atoms with Gasteiger partial charge in [0.1, 0.15) is 19.1 Å². The minimum absolute atomic E-state index is 0.104. The van der Waals surface area contributed by atoms with Crippen molar-refractivity contribution in [2.75, 3.05) is 27.1 Å². The number of hydrogen-bond donors (Lipinski definition) is 1. The number of hydrogen-bond acceptors (Lipinski definition) is 6. The molecule has 1 saturated heterocycles. The molecule has 1 N–H and O–H groups in total. The standard InChI is InChI=1S/C15H22N2O6/c1-4-5-21-9-22-11-6-13(23-12(11)8-20-3)17-7-10(2)14(18)16-15(17)19/h4,7,11-13H,1,5-6,8-9H2,2-3H3,(H,16,18,19)/t11?,12-,13-/m1/s1. The Kier molecular flexibility index (Phi) is 6.28. The zero-order valence-electron chi connectivity index (χ0n) is 13.3. The minimum atomic E-state index is -0.525. The van der Waals surface area contributed by atoms with Gasteiger partial charge in [-0.2, -0.15) is 0 Å². The molecule has 8 heteroatoms. The lowest BCUT2D eigenvalue weighted by molar-refractivity contribution is -0.117. The van der Waals surface area contributed by atoms with Crippen molar-refractivity contribution in [3.05, 3.63) is 45.3 Å². The van der Waals surface area contributed by atoms with Crippen LogP contribution in [-0.4, -0.2) is 48.9 Å². The van der Waals surface area contributed by atoms with Gasteiger partial charge in [-0.1, -0.05) is 6.08 Å². The molecule has 1 unspecified atom stereocenters. The molecular formula is C15H22N2O6. The third kappa shape index (κ3) is 4.38. The highest BCUT2D eigenvalue weighted by Crippen LogP contribution is 2.30. The van der Waals surface area contributed by atoms with Crippen molar-refractivity contribution in [3.8, 4) is 0 Å². The molecule has 2 heterocycles. The van der Waals surface area contributed by atoms with Crippen LogP contribution in [0.4, 0.5) is 0 Å². The molecule has 3 atom stereocenters. The highest BCUT2D eigenvalue weighted by molar-refractivity contribution is 5.02. The minimum Gasteiger partial charge on any atom is -0.382 e. The van der Waals surface area contributed by atoms with Crippen LogP contribution in [0.5, 0.6) is 0 Å². The monoisotopic (exact) mass is 326 g/mol. The van der Waals surface area contributed by atoms with Crippen LogP contribution in [0, 0.1) is 6.92 Å². The predicted octanol–water partition coefficient (Wildman–Crippen LogP) is 0.324. The second-order valence-corrected chi connectivity index (χ2v) is 5.28. The summed E-state index contributed by atoms with van der Waals surface area (Å²) in [6.07, 6.45) is 2.46. The van der Waals surface area contributed by atoms with Crippen molar-refractivity contribution >= 4 is 0 Å². The maximum atomic E-state index is 12.0. The molecule has 0 saturated carbocycles.